The van der Waals surface area contributed by atoms with Gasteiger partial charge < -0.3 is 20.5 Å². The summed E-state index contributed by atoms with van der Waals surface area (Å²) in [5, 5.41) is 14.3. The van der Waals surface area contributed by atoms with Crippen LogP contribution >= 0.6 is 0 Å². The lowest BCUT2D eigenvalue weighted by atomic mass is 10.0. The van der Waals surface area contributed by atoms with Gasteiger partial charge in [0.2, 0.25) is 0 Å². The summed E-state index contributed by atoms with van der Waals surface area (Å²) in [5.74, 6) is -0.802. The Morgan fingerprint density at radius 3 is 2.56 bits per heavy atom. The van der Waals surface area contributed by atoms with Crippen molar-refractivity contribution >= 4 is 12.0 Å². The maximum absolute atomic E-state index is 11.8. The van der Waals surface area contributed by atoms with E-state index in [9.17, 15) is 9.59 Å². The second-order valence-electron chi connectivity index (χ2n) is 5.48. The molecule has 1 aliphatic rings. The van der Waals surface area contributed by atoms with Gasteiger partial charge in [0.15, 0.2) is 0 Å². The molecule has 1 heterocycles. The minimum Gasteiger partial charge on any atom is -0.480 e. The maximum Gasteiger partial charge on any atom is 0.326 e. The Labute approximate surface area is 107 Å². The van der Waals surface area contributed by atoms with Gasteiger partial charge >= 0.3 is 12.0 Å². The highest BCUT2D eigenvalue weighted by atomic mass is 16.5. The average molecular weight is 258 g/mol. The Balaban J connectivity index is 2.48. The van der Waals surface area contributed by atoms with Gasteiger partial charge in [0.05, 0.1) is 12.1 Å². The van der Waals surface area contributed by atoms with Gasteiger partial charge in [-0.2, -0.15) is 0 Å². The van der Waals surface area contributed by atoms with Crippen LogP contribution in [-0.2, 0) is 9.53 Å². The van der Waals surface area contributed by atoms with Crippen LogP contribution in [0.4, 0.5) is 4.79 Å². The molecule has 1 rings (SSSR count). The van der Waals surface area contributed by atoms with E-state index in [2.05, 4.69) is 10.6 Å². The third kappa shape index (κ3) is 4.52. The first-order valence-electron chi connectivity index (χ1n) is 6.21. The van der Waals surface area contributed by atoms with E-state index in [4.69, 9.17) is 9.84 Å². The number of ether oxygens (including phenoxy) is 1. The van der Waals surface area contributed by atoms with Gasteiger partial charge in [-0.25, -0.2) is 9.59 Å². The van der Waals surface area contributed by atoms with Gasteiger partial charge in [0.1, 0.15) is 6.04 Å². The molecule has 2 amide bonds. The Morgan fingerprint density at radius 1 is 1.44 bits per heavy atom. The molecule has 6 nitrogen and oxygen atoms in total. The van der Waals surface area contributed by atoms with Crippen molar-refractivity contribution in [2.45, 2.75) is 45.2 Å². The lowest BCUT2D eigenvalue weighted by Crippen LogP contribution is -2.54. The molecule has 1 unspecified atom stereocenters. The molecule has 0 aromatic rings. The zero-order chi connectivity index (χ0) is 13.8. The van der Waals surface area contributed by atoms with Crippen LogP contribution in [0, 0.1) is 5.92 Å². The van der Waals surface area contributed by atoms with Crippen molar-refractivity contribution in [3.63, 3.8) is 0 Å². The van der Waals surface area contributed by atoms with Crippen molar-refractivity contribution in [1.82, 2.24) is 10.6 Å². The largest absolute Gasteiger partial charge is 0.480 e. The van der Waals surface area contributed by atoms with E-state index in [1.54, 1.807) is 0 Å². The van der Waals surface area contributed by atoms with Gasteiger partial charge in [-0.05, 0) is 25.7 Å². The van der Waals surface area contributed by atoms with Crippen LogP contribution in [0.25, 0.3) is 0 Å². The summed E-state index contributed by atoms with van der Waals surface area (Å²) in [4.78, 5) is 22.8. The Morgan fingerprint density at radius 2 is 2.11 bits per heavy atom. The molecule has 0 saturated carbocycles. The van der Waals surface area contributed by atoms with Crippen LogP contribution in [0.5, 0.6) is 0 Å². The van der Waals surface area contributed by atoms with Crippen LogP contribution < -0.4 is 10.6 Å². The van der Waals surface area contributed by atoms with E-state index in [0.717, 1.165) is 6.42 Å². The number of nitrogens with one attached hydrogen (secondary N) is 2. The smallest absolute Gasteiger partial charge is 0.326 e. The second kappa shape index (κ2) is 6.04. The zero-order valence-electron chi connectivity index (χ0n) is 11.2. The van der Waals surface area contributed by atoms with E-state index in [1.165, 1.54) is 0 Å². The summed E-state index contributed by atoms with van der Waals surface area (Å²) in [6.07, 6.45) is 1.15. The van der Waals surface area contributed by atoms with Crippen LogP contribution in [0.3, 0.4) is 0 Å². The molecular weight excluding hydrogens is 236 g/mol. The van der Waals surface area contributed by atoms with E-state index in [0.29, 0.717) is 19.6 Å². The highest BCUT2D eigenvalue weighted by molar-refractivity contribution is 5.82. The topological polar surface area (TPSA) is 87.7 Å². The van der Waals surface area contributed by atoms with Crippen LogP contribution in [0.1, 0.15) is 33.6 Å². The van der Waals surface area contributed by atoms with Gasteiger partial charge in [-0.15, -0.1) is 0 Å². The first-order chi connectivity index (χ1) is 8.32. The lowest BCUT2D eigenvalue weighted by molar-refractivity contribution is -0.139. The summed E-state index contributed by atoms with van der Waals surface area (Å²) in [6.45, 7) is 6.80. The fraction of sp³-hybridized carbons (Fsp3) is 0.833. The molecule has 1 fully saturated rings. The van der Waals surface area contributed by atoms with Crippen molar-refractivity contribution in [3.05, 3.63) is 0 Å². The van der Waals surface area contributed by atoms with Gasteiger partial charge in [0, 0.05) is 6.61 Å². The Kier molecular flexibility index (Phi) is 4.95. The molecule has 0 bridgehead atoms. The number of hydrogen-bond acceptors (Lipinski definition) is 3. The molecule has 6 heteroatoms. The summed E-state index contributed by atoms with van der Waals surface area (Å²) in [6, 6.07) is -1.30. The van der Waals surface area contributed by atoms with E-state index in [1.807, 2.05) is 20.8 Å². The fourth-order valence-electron chi connectivity index (χ4n) is 1.93. The third-order valence-electron chi connectivity index (χ3n) is 2.94. The van der Waals surface area contributed by atoms with Gasteiger partial charge in [0.25, 0.3) is 0 Å². The van der Waals surface area contributed by atoms with Crippen LogP contribution in [-0.4, -0.2) is 41.9 Å². The number of hydrogen-bond donors (Lipinski definition) is 3. The van der Waals surface area contributed by atoms with Gasteiger partial charge in [-0.3, -0.25) is 0 Å². The first kappa shape index (κ1) is 14.8. The summed E-state index contributed by atoms with van der Waals surface area (Å²) < 4.78 is 5.22. The van der Waals surface area contributed by atoms with E-state index in [-0.39, 0.29) is 5.92 Å². The normalized spacial score (nSPS) is 24.9. The SMILES string of the molecule is CC(C)C[C@@H](NC(=O)NC1(C)CCOC1)C(=O)O. The number of carbonyl (C=O) groups is 2. The highest BCUT2D eigenvalue weighted by Crippen LogP contribution is 2.17. The number of carbonyl (C=O) groups excluding carboxylic acids is 1. The van der Waals surface area contributed by atoms with Crippen molar-refractivity contribution < 1.29 is 19.4 Å². The molecule has 0 aliphatic carbocycles. The molecule has 1 aliphatic heterocycles. The number of urea groups is 1. The molecule has 2 atom stereocenters. The molecule has 0 spiro atoms. The third-order valence-corrected chi connectivity index (χ3v) is 2.94. The molecule has 1 saturated heterocycles. The van der Waals surface area contributed by atoms with Crippen LogP contribution in [0.2, 0.25) is 0 Å². The van der Waals surface area contributed by atoms with Crippen LogP contribution in [0.15, 0.2) is 0 Å². The second-order valence-corrected chi connectivity index (χ2v) is 5.48. The van der Waals surface area contributed by atoms with Crippen molar-refractivity contribution in [2.24, 2.45) is 5.92 Å². The summed E-state index contributed by atoms with van der Waals surface area (Å²) in [5.41, 5.74) is -0.398. The van der Waals surface area contributed by atoms with Crippen molar-refractivity contribution in [3.8, 4) is 0 Å². The quantitative estimate of drug-likeness (QED) is 0.685. The van der Waals surface area contributed by atoms with E-state index < -0.39 is 23.6 Å². The molecule has 3 N–H and O–H groups in total. The zero-order valence-corrected chi connectivity index (χ0v) is 11.2. The van der Waals surface area contributed by atoms with Gasteiger partial charge in [-0.1, -0.05) is 13.8 Å². The first-order valence-corrected chi connectivity index (χ1v) is 6.21. The Bertz CT molecular complexity index is 311. The molecule has 0 aromatic carbocycles. The standard InChI is InChI=1S/C12H22N2O4/c1-8(2)6-9(10(15)16)13-11(17)14-12(3)4-5-18-7-12/h8-9H,4-7H2,1-3H3,(H,15,16)(H2,13,14,17)/t9-,12?/m1/s1. The highest BCUT2D eigenvalue weighted by Gasteiger charge is 2.32. The molecule has 104 valence electrons. The number of rotatable bonds is 5. The average Bonchev–Trinajstić information content (AvgIpc) is 2.62. The summed E-state index contributed by atoms with van der Waals surface area (Å²) in [7, 11) is 0. The number of carboxylic acids is 1. The molecule has 0 aromatic heterocycles. The number of aliphatic carboxylic acids is 1. The summed E-state index contributed by atoms with van der Waals surface area (Å²) >= 11 is 0. The predicted octanol–water partition coefficient (Wildman–Crippen LogP) is 0.964. The number of amides is 2. The number of carboxylic acid groups (broad SMARTS) is 1. The minimum absolute atomic E-state index is 0.205. The predicted molar refractivity (Wildman–Crippen MR) is 66.4 cm³/mol. The molecule has 0 radical (unpaired) electrons. The molecule has 18 heavy (non-hydrogen) atoms. The van der Waals surface area contributed by atoms with Crippen molar-refractivity contribution in [2.75, 3.05) is 13.2 Å². The maximum atomic E-state index is 11.8. The Hall–Kier alpha value is -1.30. The molecular formula is C12H22N2O4. The minimum atomic E-state index is -1.01. The fourth-order valence-corrected chi connectivity index (χ4v) is 1.93. The lowest BCUT2D eigenvalue weighted by Gasteiger charge is -2.25. The van der Waals surface area contributed by atoms with Crippen molar-refractivity contribution in [1.29, 1.82) is 0 Å². The monoisotopic (exact) mass is 258 g/mol. The van der Waals surface area contributed by atoms with E-state index >= 15 is 0 Å².